The number of alkyl halides is 6. The Hall–Kier alpha value is -2.00. The van der Waals surface area contributed by atoms with Crippen LogP contribution in [0.5, 0.6) is 0 Å². The molecule has 2 heterocycles. The van der Waals surface area contributed by atoms with E-state index in [9.17, 15) is 31.1 Å². The van der Waals surface area contributed by atoms with Crippen LogP contribution in [-0.2, 0) is 5.92 Å². The highest BCUT2D eigenvalue weighted by Crippen LogP contribution is 2.32. The largest absolute Gasteiger partial charge is 0.365 e. The Balaban J connectivity index is 2.64. The molecular weight excluding hydrogens is 280 g/mol. The van der Waals surface area contributed by atoms with Crippen molar-refractivity contribution in [3.8, 4) is 0 Å². The van der Waals surface area contributed by atoms with Crippen LogP contribution in [0.15, 0.2) is 16.9 Å². The molecule has 0 aliphatic carbocycles. The lowest BCUT2D eigenvalue weighted by molar-refractivity contribution is -0.140. The van der Waals surface area contributed by atoms with Gasteiger partial charge in [0, 0.05) is 11.6 Å². The smallest absolute Gasteiger partial charge is 0.271 e. The van der Waals surface area contributed by atoms with Crippen molar-refractivity contribution in [1.82, 2.24) is 14.6 Å². The molecular formula is C9H5F6N3O. The first-order valence-electron chi connectivity index (χ1n) is 4.81. The number of rotatable bonds is 3. The van der Waals surface area contributed by atoms with E-state index < -0.39 is 41.4 Å². The highest BCUT2D eigenvalue weighted by atomic mass is 19.3. The van der Waals surface area contributed by atoms with Crippen LogP contribution in [0.1, 0.15) is 17.8 Å². The fourth-order valence-electron chi connectivity index (χ4n) is 1.39. The number of H-pyrrole nitrogens is 1. The maximum Gasteiger partial charge on any atom is 0.365 e. The predicted octanol–water partition coefficient (Wildman–Crippen LogP) is 2.32. The minimum absolute atomic E-state index is 0.386. The zero-order valence-electron chi connectivity index (χ0n) is 8.88. The van der Waals surface area contributed by atoms with Crippen LogP contribution in [0.25, 0.3) is 5.65 Å². The minimum Gasteiger partial charge on any atom is -0.271 e. The second-order valence-electron chi connectivity index (χ2n) is 3.62. The summed E-state index contributed by atoms with van der Waals surface area (Å²) in [6.07, 6.45) is -7.05. The van der Waals surface area contributed by atoms with E-state index in [-0.39, 0.29) is 0 Å². The number of hydrogen-bond donors (Lipinski definition) is 1. The molecule has 0 radical (unpaired) electrons. The van der Waals surface area contributed by atoms with E-state index in [1.807, 2.05) is 0 Å². The van der Waals surface area contributed by atoms with Gasteiger partial charge in [-0.3, -0.25) is 9.89 Å². The molecule has 4 nitrogen and oxygen atoms in total. The van der Waals surface area contributed by atoms with E-state index in [1.54, 1.807) is 5.10 Å². The van der Waals surface area contributed by atoms with Crippen molar-refractivity contribution >= 4 is 5.65 Å². The van der Waals surface area contributed by atoms with Gasteiger partial charge in [0.2, 0.25) is 0 Å². The van der Waals surface area contributed by atoms with E-state index in [0.717, 1.165) is 0 Å². The van der Waals surface area contributed by atoms with Gasteiger partial charge >= 0.3 is 12.3 Å². The number of aromatic nitrogens is 3. The zero-order chi connectivity index (χ0) is 14.4. The standard InChI is InChI=1S/C9H5F6N3O/c10-6(11)3-1-4-16-8(9(14,15)7(12)13)17-18(4)5(19)2-3/h1-2,6-7H,(H,16,17). The molecule has 1 N–H and O–H groups in total. The second kappa shape index (κ2) is 4.28. The third kappa shape index (κ3) is 2.17. The molecule has 0 atom stereocenters. The molecule has 2 rings (SSSR count). The molecule has 0 fully saturated rings. The summed E-state index contributed by atoms with van der Waals surface area (Å²) in [6, 6.07) is 1.16. The van der Waals surface area contributed by atoms with Gasteiger partial charge in [0.1, 0.15) is 0 Å². The lowest BCUT2D eigenvalue weighted by Gasteiger charge is -2.10. The van der Waals surface area contributed by atoms with Crippen LogP contribution >= 0.6 is 0 Å². The van der Waals surface area contributed by atoms with Crippen LogP contribution in [-0.4, -0.2) is 21.0 Å². The Morgan fingerprint density at radius 1 is 1.21 bits per heavy atom. The third-order valence-corrected chi connectivity index (χ3v) is 2.32. The van der Waals surface area contributed by atoms with E-state index in [4.69, 9.17) is 0 Å². The number of hydrogen-bond acceptors (Lipinski definition) is 2. The summed E-state index contributed by atoms with van der Waals surface area (Å²) in [7, 11) is 0. The van der Waals surface area contributed by atoms with Gasteiger partial charge < -0.3 is 0 Å². The number of aromatic amines is 1. The average molecular weight is 285 g/mol. The molecule has 2 aromatic rings. The van der Waals surface area contributed by atoms with Crippen molar-refractivity contribution in [3.05, 3.63) is 33.9 Å². The third-order valence-electron chi connectivity index (χ3n) is 2.32. The van der Waals surface area contributed by atoms with Gasteiger partial charge in [-0.2, -0.15) is 13.3 Å². The maximum atomic E-state index is 13.0. The molecule has 10 heteroatoms. The Labute approximate surface area is 100 Å². The molecule has 0 aromatic carbocycles. The molecule has 0 saturated heterocycles. The molecule has 19 heavy (non-hydrogen) atoms. The van der Waals surface area contributed by atoms with Crippen molar-refractivity contribution in [2.24, 2.45) is 0 Å². The van der Waals surface area contributed by atoms with Gasteiger partial charge in [0.05, 0.1) is 0 Å². The van der Waals surface area contributed by atoms with Crippen molar-refractivity contribution in [1.29, 1.82) is 0 Å². The maximum absolute atomic E-state index is 13.0. The quantitative estimate of drug-likeness (QED) is 0.880. The van der Waals surface area contributed by atoms with Crippen LogP contribution in [0.2, 0.25) is 0 Å². The van der Waals surface area contributed by atoms with Gasteiger partial charge in [0.15, 0.2) is 11.5 Å². The van der Waals surface area contributed by atoms with Gasteiger partial charge in [0.25, 0.3) is 12.0 Å². The topological polar surface area (TPSA) is 50.2 Å². The Morgan fingerprint density at radius 2 is 1.84 bits per heavy atom. The van der Waals surface area contributed by atoms with E-state index >= 15 is 0 Å². The van der Waals surface area contributed by atoms with Crippen molar-refractivity contribution in [2.75, 3.05) is 0 Å². The fourth-order valence-corrected chi connectivity index (χ4v) is 1.39. The van der Waals surface area contributed by atoms with Crippen LogP contribution in [0.4, 0.5) is 26.3 Å². The summed E-state index contributed by atoms with van der Waals surface area (Å²) in [5.41, 5.74) is -2.42. The summed E-state index contributed by atoms with van der Waals surface area (Å²) in [4.78, 5) is 14.4. The van der Waals surface area contributed by atoms with Gasteiger partial charge in [-0.1, -0.05) is 0 Å². The molecule has 0 bridgehead atoms. The highest BCUT2D eigenvalue weighted by molar-refractivity contribution is 5.41. The van der Waals surface area contributed by atoms with E-state index in [2.05, 4.69) is 4.98 Å². The molecule has 104 valence electrons. The van der Waals surface area contributed by atoms with Crippen molar-refractivity contribution in [2.45, 2.75) is 18.8 Å². The van der Waals surface area contributed by atoms with Crippen LogP contribution in [0.3, 0.4) is 0 Å². The summed E-state index contributed by atoms with van der Waals surface area (Å²) < 4.78 is 75.4. The Kier molecular flexibility index (Phi) is 3.03. The number of pyridine rings is 1. The summed E-state index contributed by atoms with van der Waals surface area (Å²) in [5, 5.41) is 1.67. The monoisotopic (exact) mass is 285 g/mol. The SMILES string of the molecule is O=c1cc(C(F)F)cc2nc(C(F)(F)C(F)F)[nH]n12. The van der Waals surface area contributed by atoms with Crippen molar-refractivity contribution < 1.29 is 26.3 Å². The molecule has 2 aromatic heterocycles. The highest BCUT2D eigenvalue weighted by Gasteiger charge is 2.46. The second-order valence-corrected chi connectivity index (χ2v) is 3.62. The van der Waals surface area contributed by atoms with Gasteiger partial charge in [-0.05, 0) is 6.07 Å². The average Bonchev–Trinajstić information content (AvgIpc) is 2.73. The lowest BCUT2D eigenvalue weighted by atomic mass is 10.3. The molecule has 0 spiro atoms. The Bertz CT molecular complexity index is 662. The first kappa shape index (κ1) is 13.4. The lowest BCUT2D eigenvalue weighted by Crippen LogP contribution is -2.25. The molecule has 0 saturated carbocycles. The van der Waals surface area contributed by atoms with Crippen molar-refractivity contribution in [3.63, 3.8) is 0 Å². The normalized spacial score (nSPS) is 12.8. The molecule has 0 aliphatic heterocycles. The minimum atomic E-state index is -4.61. The van der Waals surface area contributed by atoms with Gasteiger partial charge in [-0.15, -0.1) is 0 Å². The first-order chi connectivity index (χ1) is 8.73. The van der Waals surface area contributed by atoms with E-state index in [0.29, 0.717) is 16.6 Å². The van der Waals surface area contributed by atoms with Gasteiger partial charge in [-0.25, -0.2) is 22.5 Å². The first-order valence-corrected chi connectivity index (χ1v) is 4.81. The molecule has 0 amide bonds. The number of nitrogens with zero attached hydrogens (tertiary/aromatic N) is 2. The van der Waals surface area contributed by atoms with E-state index in [1.165, 1.54) is 0 Å². The zero-order valence-corrected chi connectivity index (χ0v) is 8.88. The molecule has 0 unspecified atom stereocenters. The number of nitrogens with one attached hydrogen (secondary N) is 1. The predicted molar refractivity (Wildman–Crippen MR) is 50.7 cm³/mol. The molecule has 0 aliphatic rings. The summed E-state index contributed by atoms with van der Waals surface area (Å²) in [5.74, 6) is -6.07. The fraction of sp³-hybridized carbons (Fsp3) is 0.333. The van der Waals surface area contributed by atoms with Crippen LogP contribution < -0.4 is 5.56 Å². The summed E-state index contributed by atoms with van der Waals surface area (Å²) >= 11 is 0. The number of fused-ring (bicyclic) bond motifs is 1. The number of halogens is 6. The van der Waals surface area contributed by atoms with Crippen LogP contribution in [0, 0.1) is 0 Å². The summed E-state index contributed by atoms with van der Waals surface area (Å²) in [6.45, 7) is 0. The Morgan fingerprint density at radius 3 is 2.37 bits per heavy atom.